The van der Waals surface area contributed by atoms with Gasteiger partial charge in [0.25, 0.3) is 0 Å². The lowest BCUT2D eigenvalue weighted by molar-refractivity contribution is -0.121. The second kappa shape index (κ2) is 10.8. The van der Waals surface area contributed by atoms with Gasteiger partial charge in [-0.15, -0.1) is 0 Å². The quantitative estimate of drug-likeness (QED) is 0.609. The molecular weight excluding hydrogens is 442 g/mol. The van der Waals surface area contributed by atoms with Gasteiger partial charge < -0.3 is 24.8 Å². The molecule has 1 heterocycles. The van der Waals surface area contributed by atoms with Crippen molar-refractivity contribution in [3.63, 3.8) is 0 Å². The van der Waals surface area contributed by atoms with E-state index in [1.165, 1.54) is 21.3 Å². The molecule has 172 valence electrons. The SMILES string of the molecule is COc1cc(C2CC(=O)NC(SCC(=O)Nc3ccccc3C)=C2C#N)cc(OC)c1OC. The zero-order valence-electron chi connectivity index (χ0n) is 18.9. The average molecular weight is 468 g/mol. The fourth-order valence-corrected chi connectivity index (χ4v) is 4.43. The third-order valence-electron chi connectivity index (χ3n) is 5.21. The van der Waals surface area contributed by atoms with E-state index in [1.807, 2.05) is 31.2 Å². The normalized spacial score (nSPS) is 15.4. The molecule has 2 aromatic carbocycles. The van der Waals surface area contributed by atoms with Crippen molar-refractivity contribution in [1.82, 2.24) is 5.32 Å². The predicted molar refractivity (Wildman–Crippen MR) is 127 cm³/mol. The van der Waals surface area contributed by atoms with Gasteiger partial charge in [-0.3, -0.25) is 9.59 Å². The standard InChI is InChI=1S/C24H25N3O5S/c1-14-7-5-6-8-18(14)26-22(29)13-33-24-17(12-25)16(11-21(28)27-24)15-9-19(30-2)23(32-4)20(10-15)31-3/h5-10,16H,11,13H2,1-4H3,(H,26,29)(H,27,28). The van der Waals surface area contributed by atoms with E-state index >= 15 is 0 Å². The molecule has 2 aromatic rings. The summed E-state index contributed by atoms with van der Waals surface area (Å²) in [6.07, 6.45) is 0.0843. The lowest BCUT2D eigenvalue weighted by atomic mass is 9.86. The molecule has 2 N–H and O–H groups in total. The zero-order chi connectivity index (χ0) is 24.0. The maximum atomic E-state index is 12.5. The first kappa shape index (κ1) is 24.0. The first-order valence-corrected chi connectivity index (χ1v) is 11.1. The molecule has 3 rings (SSSR count). The van der Waals surface area contributed by atoms with Crippen LogP contribution < -0.4 is 24.8 Å². The lowest BCUT2D eigenvalue weighted by Gasteiger charge is -2.26. The van der Waals surface area contributed by atoms with Crippen LogP contribution in [0.1, 0.15) is 23.5 Å². The van der Waals surface area contributed by atoms with Crippen molar-refractivity contribution in [2.24, 2.45) is 0 Å². The van der Waals surface area contributed by atoms with Gasteiger partial charge in [-0.1, -0.05) is 30.0 Å². The number of benzene rings is 2. The Morgan fingerprint density at radius 1 is 1.18 bits per heavy atom. The monoisotopic (exact) mass is 467 g/mol. The van der Waals surface area contributed by atoms with E-state index < -0.39 is 5.92 Å². The number of para-hydroxylation sites is 1. The van der Waals surface area contributed by atoms with E-state index in [0.29, 0.717) is 33.4 Å². The predicted octanol–water partition coefficient (Wildman–Crippen LogP) is 3.73. The number of allylic oxidation sites excluding steroid dienone is 1. The average Bonchev–Trinajstić information content (AvgIpc) is 2.82. The van der Waals surface area contributed by atoms with Crippen molar-refractivity contribution < 1.29 is 23.8 Å². The molecule has 0 aromatic heterocycles. The number of carbonyl (C=O) groups excluding carboxylic acids is 2. The van der Waals surface area contributed by atoms with Crippen LogP contribution in [0.15, 0.2) is 47.0 Å². The van der Waals surface area contributed by atoms with Crippen molar-refractivity contribution in [1.29, 1.82) is 5.26 Å². The van der Waals surface area contributed by atoms with Crippen molar-refractivity contribution in [3.8, 4) is 23.3 Å². The van der Waals surface area contributed by atoms with Gasteiger partial charge in [-0.2, -0.15) is 5.26 Å². The van der Waals surface area contributed by atoms with Gasteiger partial charge >= 0.3 is 0 Å². The zero-order valence-corrected chi connectivity index (χ0v) is 19.7. The van der Waals surface area contributed by atoms with Crippen LogP contribution >= 0.6 is 11.8 Å². The number of carbonyl (C=O) groups is 2. The fourth-order valence-electron chi connectivity index (χ4n) is 3.56. The molecule has 33 heavy (non-hydrogen) atoms. The number of hydrogen-bond donors (Lipinski definition) is 2. The molecule has 0 bridgehead atoms. The van der Waals surface area contributed by atoms with Crippen LogP contribution in [0.2, 0.25) is 0 Å². The van der Waals surface area contributed by atoms with Gasteiger partial charge in [-0.25, -0.2) is 0 Å². The molecule has 1 atom stereocenters. The number of nitrogens with zero attached hydrogens (tertiary/aromatic N) is 1. The Bertz CT molecular complexity index is 1110. The molecule has 0 radical (unpaired) electrons. The van der Waals surface area contributed by atoms with E-state index in [2.05, 4.69) is 16.7 Å². The second-order valence-corrected chi connectivity index (χ2v) is 8.26. The molecule has 9 heteroatoms. The number of aryl methyl sites for hydroxylation is 1. The maximum Gasteiger partial charge on any atom is 0.234 e. The Hall–Kier alpha value is -3.64. The first-order valence-electron chi connectivity index (χ1n) is 10.1. The molecule has 2 amide bonds. The van der Waals surface area contributed by atoms with Crippen LogP contribution in [-0.4, -0.2) is 38.9 Å². The summed E-state index contributed by atoms with van der Waals surface area (Å²) >= 11 is 1.12. The molecule has 0 aliphatic carbocycles. The molecule has 0 saturated carbocycles. The van der Waals surface area contributed by atoms with E-state index in [0.717, 1.165) is 23.0 Å². The van der Waals surface area contributed by atoms with Crippen LogP contribution in [0, 0.1) is 18.3 Å². The van der Waals surface area contributed by atoms with Crippen molar-refractivity contribution in [2.45, 2.75) is 19.3 Å². The van der Waals surface area contributed by atoms with Crippen molar-refractivity contribution in [2.75, 3.05) is 32.4 Å². The van der Waals surface area contributed by atoms with Gasteiger partial charge in [0.15, 0.2) is 11.5 Å². The minimum absolute atomic E-state index is 0.0388. The third kappa shape index (κ3) is 5.41. The van der Waals surface area contributed by atoms with Crippen LogP contribution in [0.5, 0.6) is 17.2 Å². The maximum absolute atomic E-state index is 12.5. The van der Waals surface area contributed by atoms with Gasteiger partial charge in [0.2, 0.25) is 17.6 Å². The first-order chi connectivity index (χ1) is 15.9. The summed E-state index contributed by atoms with van der Waals surface area (Å²) in [5.74, 6) is 0.340. The van der Waals surface area contributed by atoms with Crippen molar-refractivity contribution >= 4 is 29.3 Å². The van der Waals surface area contributed by atoms with E-state index in [9.17, 15) is 14.9 Å². The molecular formula is C24H25N3O5S. The number of ether oxygens (including phenoxy) is 3. The number of nitriles is 1. The fraction of sp³-hybridized carbons (Fsp3) is 0.292. The minimum atomic E-state index is -0.514. The summed E-state index contributed by atoms with van der Waals surface area (Å²) < 4.78 is 16.2. The summed E-state index contributed by atoms with van der Waals surface area (Å²) in [6.45, 7) is 1.91. The van der Waals surface area contributed by atoms with Crippen LogP contribution in [0.25, 0.3) is 0 Å². The topological polar surface area (TPSA) is 110 Å². The Balaban J connectivity index is 1.87. The van der Waals surface area contributed by atoms with Gasteiger partial charge in [0, 0.05) is 18.0 Å². The highest BCUT2D eigenvalue weighted by Gasteiger charge is 2.31. The lowest BCUT2D eigenvalue weighted by Crippen LogP contribution is -2.31. The van der Waals surface area contributed by atoms with Crippen LogP contribution in [0.4, 0.5) is 5.69 Å². The highest BCUT2D eigenvalue weighted by molar-refractivity contribution is 8.03. The number of rotatable bonds is 8. The third-order valence-corrected chi connectivity index (χ3v) is 6.23. The Labute approximate surface area is 196 Å². The summed E-state index contributed by atoms with van der Waals surface area (Å²) in [5, 5.41) is 15.9. The Morgan fingerprint density at radius 3 is 2.42 bits per heavy atom. The number of anilines is 1. The summed E-state index contributed by atoms with van der Waals surface area (Å²) in [7, 11) is 4.51. The molecule has 0 spiro atoms. The van der Waals surface area contributed by atoms with Gasteiger partial charge in [0.1, 0.15) is 0 Å². The second-order valence-electron chi connectivity index (χ2n) is 7.27. The number of thioether (sulfide) groups is 1. The van der Waals surface area contributed by atoms with Gasteiger partial charge in [0.05, 0.1) is 43.8 Å². The molecule has 0 saturated heterocycles. The highest BCUT2D eigenvalue weighted by atomic mass is 32.2. The molecule has 1 unspecified atom stereocenters. The Morgan fingerprint density at radius 2 is 1.85 bits per heavy atom. The van der Waals surface area contributed by atoms with E-state index in [1.54, 1.807) is 12.1 Å². The number of methoxy groups -OCH3 is 3. The summed E-state index contributed by atoms with van der Waals surface area (Å²) in [5.41, 5.74) is 2.72. The summed E-state index contributed by atoms with van der Waals surface area (Å²) in [6, 6.07) is 13.1. The van der Waals surface area contributed by atoms with Crippen LogP contribution in [0.3, 0.4) is 0 Å². The minimum Gasteiger partial charge on any atom is -0.493 e. The molecule has 1 aliphatic rings. The van der Waals surface area contributed by atoms with E-state index in [4.69, 9.17) is 14.2 Å². The summed E-state index contributed by atoms with van der Waals surface area (Å²) in [4.78, 5) is 25.0. The van der Waals surface area contributed by atoms with Crippen LogP contribution in [-0.2, 0) is 9.59 Å². The highest BCUT2D eigenvalue weighted by Crippen LogP contribution is 2.44. The molecule has 8 nitrogen and oxygen atoms in total. The smallest absolute Gasteiger partial charge is 0.234 e. The number of amides is 2. The number of nitrogens with one attached hydrogen (secondary N) is 2. The van der Waals surface area contributed by atoms with Gasteiger partial charge in [-0.05, 0) is 36.2 Å². The Kier molecular flexibility index (Phi) is 7.85. The number of hydrogen-bond acceptors (Lipinski definition) is 7. The van der Waals surface area contributed by atoms with Crippen molar-refractivity contribution in [3.05, 3.63) is 58.1 Å². The van der Waals surface area contributed by atoms with E-state index in [-0.39, 0.29) is 24.0 Å². The largest absolute Gasteiger partial charge is 0.493 e. The molecule has 0 fully saturated rings. The molecule has 1 aliphatic heterocycles.